The Balaban J connectivity index is 1.62. The van der Waals surface area contributed by atoms with Crippen LogP contribution in [0, 0.1) is 11.3 Å². The number of hydrogen-bond donors (Lipinski definition) is 0. The van der Waals surface area contributed by atoms with Crippen molar-refractivity contribution < 1.29 is 13.2 Å². The van der Waals surface area contributed by atoms with E-state index in [1.54, 1.807) is 12.3 Å². The highest BCUT2D eigenvalue weighted by Gasteiger charge is 2.30. The number of hydrogen-bond acceptors (Lipinski definition) is 2. The van der Waals surface area contributed by atoms with Crippen molar-refractivity contribution in [1.82, 2.24) is 14.0 Å². The van der Waals surface area contributed by atoms with E-state index in [2.05, 4.69) is 27.9 Å². The molecule has 3 aromatic heterocycles. The number of rotatable bonds is 3. The molecule has 1 aliphatic rings. The van der Waals surface area contributed by atoms with Crippen LogP contribution in [0.1, 0.15) is 30.1 Å². The first-order valence-electron chi connectivity index (χ1n) is 9.01. The fraction of sp³-hybridized carbons (Fsp3) is 0.238. The molecular formula is C21H15F3N4. The van der Waals surface area contributed by atoms with Crippen molar-refractivity contribution in [2.24, 2.45) is 0 Å². The smallest absolute Gasteiger partial charge is 0.344 e. The molecule has 0 spiro atoms. The van der Waals surface area contributed by atoms with Gasteiger partial charge in [-0.2, -0.15) is 18.4 Å². The third-order valence-electron chi connectivity index (χ3n) is 5.22. The van der Waals surface area contributed by atoms with Gasteiger partial charge in [0.1, 0.15) is 11.6 Å². The van der Waals surface area contributed by atoms with Crippen LogP contribution in [-0.2, 0) is 6.42 Å². The van der Waals surface area contributed by atoms with Crippen molar-refractivity contribution in [2.75, 3.05) is 0 Å². The molecule has 0 radical (unpaired) electrons. The molecule has 1 fully saturated rings. The Hall–Kier alpha value is -3.27. The zero-order valence-corrected chi connectivity index (χ0v) is 14.7. The molecular weight excluding hydrogens is 365 g/mol. The average Bonchev–Trinajstić information content (AvgIpc) is 3.30. The number of imidazole rings is 1. The number of halogens is 3. The standard InChI is InChI=1S/C21H15F3N4/c22-21(23,24)10-16-12-26-20-18(11-25)17(6-8-28(16)20)13-1-4-19-14(9-13)5-7-27(19)15-2-3-15/h1,4-9,12,15H,2-3,10H2. The summed E-state index contributed by atoms with van der Waals surface area (Å²) in [6.45, 7) is 0. The van der Waals surface area contributed by atoms with Crippen LogP contribution in [0.3, 0.4) is 0 Å². The Bertz CT molecular complexity index is 1250. The highest BCUT2D eigenvalue weighted by atomic mass is 19.4. The van der Waals surface area contributed by atoms with Crippen LogP contribution in [-0.4, -0.2) is 20.1 Å². The number of benzene rings is 1. The van der Waals surface area contributed by atoms with Gasteiger partial charge in [-0.25, -0.2) is 4.98 Å². The van der Waals surface area contributed by atoms with E-state index < -0.39 is 12.6 Å². The lowest BCUT2D eigenvalue weighted by molar-refractivity contribution is -0.127. The molecule has 4 nitrogen and oxygen atoms in total. The predicted octanol–water partition coefficient (Wildman–Crippen LogP) is 5.27. The summed E-state index contributed by atoms with van der Waals surface area (Å²) < 4.78 is 41.9. The normalized spacial score (nSPS) is 14.6. The van der Waals surface area contributed by atoms with Crippen LogP contribution in [0.15, 0.2) is 48.9 Å². The van der Waals surface area contributed by atoms with Crippen LogP contribution in [0.4, 0.5) is 13.2 Å². The first kappa shape index (κ1) is 16.9. The zero-order valence-electron chi connectivity index (χ0n) is 14.7. The van der Waals surface area contributed by atoms with Crippen LogP contribution in [0.2, 0.25) is 0 Å². The van der Waals surface area contributed by atoms with Gasteiger partial charge in [0.15, 0.2) is 5.65 Å². The van der Waals surface area contributed by atoms with Gasteiger partial charge in [-0.1, -0.05) is 6.07 Å². The summed E-state index contributed by atoms with van der Waals surface area (Å²) in [5, 5.41) is 10.8. The van der Waals surface area contributed by atoms with Gasteiger partial charge in [0.2, 0.25) is 0 Å². The first-order valence-corrected chi connectivity index (χ1v) is 9.01. The van der Waals surface area contributed by atoms with Crippen molar-refractivity contribution in [1.29, 1.82) is 5.26 Å². The van der Waals surface area contributed by atoms with Gasteiger partial charge in [0.05, 0.1) is 12.1 Å². The molecule has 7 heteroatoms. The van der Waals surface area contributed by atoms with E-state index in [4.69, 9.17) is 0 Å². The molecule has 0 unspecified atom stereocenters. The summed E-state index contributed by atoms with van der Waals surface area (Å²) >= 11 is 0. The van der Waals surface area contributed by atoms with Gasteiger partial charge in [0.25, 0.3) is 0 Å². The van der Waals surface area contributed by atoms with Gasteiger partial charge in [0, 0.05) is 41.1 Å². The maximum absolute atomic E-state index is 12.8. The second-order valence-electron chi connectivity index (χ2n) is 7.18. The van der Waals surface area contributed by atoms with E-state index in [0.717, 1.165) is 16.5 Å². The largest absolute Gasteiger partial charge is 0.394 e. The Kier molecular flexibility index (Phi) is 3.53. The van der Waals surface area contributed by atoms with Crippen molar-refractivity contribution in [3.05, 3.63) is 60.2 Å². The number of fused-ring (bicyclic) bond motifs is 2. The molecule has 0 atom stereocenters. The lowest BCUT2D eigenvalue weighted by Gasteiger charge is -2.10. The van der Waals surface area contributed by atoms with E-state index in [9.17, 15) is 18.4 Å². The quantitative estimate of drug-likeness (QED) is 0.486. The van der Waals surface area contributed by atoms with E-state index in [1.165, 1.54) is 23.4 Å². The second-order valence-corrected chi connectivity index (χ2v) is 7.18. The van der Waals surface area contributed by atoms with Crippen molar-refractivity contribution >= 4 is 16.6 Å². The molecule has 1 saturated carbocycles. The lowest BCUT2D eigenvalue weighted by Crippen LogP contribution is -2.13. The molecule has 5 rings (SSSR count). The van der Waals surface area contributed by atoms with Crippen molar-refractivity contribution in [3.8, 4) is 17.2 Å². The van der Waals surface area contributed by atoms with Gasteiger partial charge in [-0.3, -0.25) is 0 Å². The predicted molar refractivity (Wildman–Crippen MR) is 98.9 cm³/mol. The van der Waals surface area contributed by atoms with Crippen LogP contribution >= 0.6 is 0 Å². The van der Waals surface area contributed by atoms with E-state index in [0.29, 0.717) is 11.6 Å². The number of nitriles is 1. The first-order chi connectivity index (χ1) is 13.4. The number of nitrogens with zero attached hydrogens (tertiary/aromatic N) is 4. The minimum Gasteiger partial charge on any atom is -0.344 e. The number of aromatic nitrogens is 3. The molecule has 140 valence electrons. The third kappa shape index (κ3) is 2.73. The summed E-state index contributed by atoms with van der Waals surface area (Å²) in [7, 11) is 0. The minimum atomic E-state index is -4.33. The zero-order chi connectivity index (χ0) is 19.5. The summed E-state index contributed by atoms with van der Waals surface area (Å²) in [4.78, 5) is 4.09. The highest BCUT2D eigenvalue weighted by molar-refractivity contribution is 5.88. The molecule has 0 amide bonds. The van der Waals surface area contributed by atoms with Gasteiger partial charge >= 0.3 is 6.18 Å². The van der Waals surface area contributed by atoms with Gasteiger partial charge in [-0.15, -0.1) is 0 Å². The minimum absolute atomic E-state index is 0.0162. The van der Waals surface area contributed by atoms with Crippen molar-refractivity contribution in [3.63, 3.8) is 0 Å². The summed E-state index contributed by atoms with van der Waals surface area (Å²) in [5.41, 5.74) is 3.20. The molecule has 1 aromatic carbocycles. The van der Waals surface area contributed by atoms with E-state index in [1.807, 2.05) is 18.2 Å². The fourth-order valence-corrected chi connectivity index (χ4v) is 3.79. The van der Waals surface area contributed by atoms with E-state index in [-0.39, 0.29) is 16.9 Å². The van der Waals surface area contributed by atoms with Crippen LogP contribution < -0.4 is 0 Å². The van der Waals surface area contributed by atoms with Gasteiger partial charge in [-0.05, 0) is 42.7 Å². The topological polar surface area (TPSA) is 46.0 Å². The maximum atomic E-state index is 12.8. The van der Waals surface area contributed by atoms with Crippen LogP contribution in [0.25, 0.3) is 27.7 Å². The fourth-order valence-electron chi connectivity index (χ4n) is 3.79. The van der Waals surface area contributed by atoms with Crippen LogP contribution in [0.5, 0.6) is 0 Å². The monoisotopic (exact) mass is 380 g/mol. The Morgan fingerprint density at radius 1 is 1.14 bits per heavy atom. The highest BCUT2D eigenvalue weighted by Crippen LogP contribution is 2.39. The third-order valence-corrected chi connectivity index (χ3v) is 5.22. The van der Waals surface area contributed by atoms with Crippen molar-refractivity contribution in [2.45, 2.75) is 31.5 Å². The lowest BCUT2D eigenvalue weighted by atomic mass is 10.0. The molecule has 3 heterocycles. The molecule has 0 aliphatic heterocycles. The SMILES string of the molecule is N#Cc1c(-c2ccc3c(ccn3C3CC3)c2)ccn2c(CC(F)(F)F)cnc12. The Morgan fingerprint density at radius 2 is 1.96 bits per heavy atom. The molecule has 4 aromatic rings. The Labute approximate surface area is 158 Å². The maximum Gasteiger partial charge on any atom is 0.394 e. The summed E-state index contributed by atoms with van der Waals surface area (Å²) in [6.07, 6.45) is 1.80. The molecule has 1 aliphatic carbocycles. The second kappa shape index (κ2) is 5.86. The molecule has 0 bridgehead atoms. The number of pyridine rings is 1. The van der Waals surface area contributed by atoms with E-state index >= 15 is 0 Å². The Morgan fingerprint density at radius 3 is 2.68 bits per heavy atom. The summed E-state index contributed by atoms with van der Waals surface area (Å²) in [6, 6.07) is 12.4. The van der Waals surface area contributed by atoms with Gasteiger partial charge < -0.3 is 8.97 Å². The average molecular weight is 380 g/mol. The summed E-state index contributed by atoms with van der Waals surface area (Å²) in [5.74, 6) is 0. The number of alkyl halides is 3. The molecule has 0 N–H and O–H groups in total. The molecule has 28 heavy (non-hydrogen) atoms. The molecule has 0 saturated heterocycles.